The summed E-state index contributed by atoms with van der Waals surface area (Å²) in [6.07, 6.45) is -0.655. The van der Waals surface area contributed by atoms with Gasteiger partial charge in [-0.25, -0.2) is 4.98 Å². The SMILES string of the molecule is COc1ccc(C(Nc2nc(OCc3ccccc3)c3nc(N)n([C@H]4C[C@H](O[Si](C)(C)C(C)(C)C)[C@@H](CO[Si](C)(C)C(C)(C)C)O4)c3n2)(c2ccccc2)c2ccc(OC)cc2)cc1. The van der Waals surface area contributed by atoms with Crippen molar-refractivity contribution in [2.75, 3.05) is 31.9 Å². The highest BCUT2D eigenvalue weighted by molar-refractivity contribution is 6.74. The van der Waals surface area contributed by atoms with Gasteiger partial charge in [-0.15, -0.1) is 0 Å². The molecule has 0 aliphatic carbocycles. The minimum Gasteiger partial charge on any atom is -0.497 e. The minimum absolute atomic E-state index is 0.0194. The van der Waals surface area contributed by atoms with E-state index in [9.17, 15) is 0 Å². The fraction of sp³-hybridized carbons (Fsp3) is 0.420. The summed E-state index contributed by atoms with van der Waals surface area (Å²) in [6, 6.07) is 36.2. The van der Waals surface area contributed by atoms with Gasteiger partial charge in [-0.05, 0) is 82.8 Å². The molecule has 4 aromatic carbocycles. The number of hydrogen-bond acceptors (Lipinski definition) is 11. The molecule has 0 spiro atoms. The number of nitrogens with zero attached hydrogens (tertiary/aromatic N) is 4. The Morgan fingerprint density at radius 2 is 1.23 bits per heavy atom. The second-order valence-corrected chi connectivity index (χ2v) is 29.3. The summed E-state index contributed by atoms with van der Waals surface area (Å²) in [7, 11) is -1.07. The highest BCUT2D eigenvalue weighted by Crippen LogP contribution is 2.45. The van der Waals surface area contributed by atoms with Gasteiger partial charge in [0, 0.05) is 6.42 Å². The number of fused-ring (bicyclic) bond motifs is 1. The average Bonchev–Trinajstić information content (AvgIpc) is 3.82. The Morgan fingerprint density at radius 3 is 1.77 bits per heavy atom. The van der Waals surface area contributed by atoms with Gasteiger partial charge in [0.1, 0.15) is 36.0 Å². The maximum absolute atomic E-state index is 7.17. The van der Waals surface area contributed by atoms with E-state index in [4.69, 9.17) is 48.5 Å². The molecule has 6 aromatic rings. The summed E-state index contributed by atoms with van der Waals surface area (Å²) >= 11 is 0. The molecule has 0 amide bonds. The Hall–Kier alpha value is -5.26. The van der Waals surface area contributed by atoms with E-state index in [0.29, 0.717) is 24.2 Å². The minimum atomic E-state index is -2.25. The number of benzene rings is 4. The van der Waals surface area contributed by atoms with Gasteiger partial charge in [0.15, 0.2) is 27.8 Å². The molecule has 2 aromatic heterocycles. The quantitative estimate of drug-likeness (QED) is 0.0709. The van der Waals surface area contributed by atoms with E-state index < -0.39 is 28.4 Å². The fourth-order valence-corrected chi connectivity index (χ4v) is 9.95. The van der Waals surface area contributed by atoms with Gasteiger partial charge < -0.3 is 38.8 Å². The lowest BCUT2D eigenvalue weighted by Crippen LogP contribution is -2.48. The number of rotatable bonds is 16. The molecule has 3 N–H and O–H groups in total. The Labute approximate surface area is 381 Å². The zero-order chi connectivity index (χ0) is 46.1. The first-order valence-corrected chi connectivity index (χ1v) is 27.9. The Balaban J connectivity index is 1.39. The van der Waals surface area contributed by atoms with Crippen LogP contribution in [0, 0.1) is 0 Å². The van der Waals surface area contributed by atoms with E-state index in [1.165, 1.54) is 0 Å². The molecular weight excluding hydrogens is 837 g/mol. The summed E-state index contributed by atoms with van der Waals surface area (Å²) in [6.45, 7) is 23.2. The Morgan fingerprint density at radius 1 is 0.703 bits per heavy atom. The van der Waals surface area contributed by atoms with Gasteiger partial charge in [0.25, 0.3) is 0 Å². The van der Waals surface area contributed by atoms with E-state index in [0.717, 1.165) is 33.8 Å². The van der Waals surface area contributed by atoms with Crippen LogP contribution in [0.15, 0.2) is 109 Å². The van der Waals surface area contributed by atoms with E-state index in [1.807, 2.05) is 77.4 Å². The van der Waals surface area contributed by atoms with Crippen molar-refractivity contribution in [3.8, 4) is 17.4 Å². The number of aromatic nitrogens is 4. The third-order valence-corrected chi connectivity index (χ3v) is 22.4. The Bertz CT molecular complexity index is 2440. The molecule has 0 unspecified atom stereocenters. The number of nitrogen functional groups attached to an aromatic ring is 1. The van der Waals surface area contributed by atoms with Crippen molar-refractivity contribution in [2.24, 2.45) is 0 Å². The van der Waals surface area contributed by atoms with Gasteiger partial charge in [-0.1, -0.05) is 126 Å². The molecule has 64 heavy (non-hydrogen) atoms. The number of anilines is 2. The van der Waals surface area contributed by atoms with Gasteiger partial charge in [-0.2, -0.15) is 9.97 Å². The van der Waals surface area contributed by atoms with Crippen LogP contribution in [-0.2, 0) is 25.7 Å². The standard InChI is InChI=1S/C50H66N6O6Si2/c1-48(2,3)63(9,10)60-33-41-40(62-64(11,12)49(4,5)6)31-42(61-41)56-44-43(52-46(56)51)45(59-32-34-19-15-13-16-20-34)54-47(53-44)55-50(35-21-17-14-18-22-35,36-23-27-38(57-7)28-24-36)37-25-29-39(58-8)30-26-37/h13-30,40-42H,31-33H2,1-12H3,(H2,51,52)(H,53,54,55)/t40-,41+,42+/m0/s1. The molecule has 1 aliphatic heterocycles. The number of imidazole rings is 1. The summed E-state index contributed by atoms with van der Waals surface area (Å²) in [5, 5.41) is 3.85. The van der Waals surface area contributed by atoms with Crippen molar-refractivity contribution >= 4 is 39.7 Å². The number of nitrogens with one attached hydrogen (secondary N) is 1. The predicted molar refractivity (Wildman–Crippen MR) is 260 cm³/mol. The lowest BCUT2D eigenvalue weighted by molar-refractivity contribution is -0.0376. The number of ether oxygens (including phenoxy) is 4. The topological polar surface area (TPSA) is 137 Å². The highest BCUT2D eigenvalue weighted by atomic mass is 28.4. The molecule has 0 bridgehead atoms. The molecule has 3 heterocycles. The van der Waals surface area contributed by atoms with Crippen LogP contribution in [0.5, 0.6) is 17.4 Å². The van der Waals surface area contributed by atoms with Crippen LogP contribution in [0.1, 0.15) is 76.4 Å². The first-order chi connectivity index (χ1) is 30.3. The van der Waals surface area contributed by atoms with Crippen LogP contribution < -0.4 is 25.3 Å². The third-order valence-electron chi connectivity index (χ3n) is 13.4. The smallest absolute Gasteiger partial charge is 0.247 e. The van der Waals surface area contributed by atoms with Gasteiger partial charge in [0.2, 0.25) is 17.8 Å². The van der Waals surface area contributed by atoms with Gasteiger partial charge in [-0.3, -0.25) is 4.57 Å². The van der Waals surface area contributed by atoms with Crippen LogP contribution in [0.25, 0.3) is 11.2 Å². The molecule has 0 saturated carbocycles. The number of methoxy groups -OCH3 is 2. The van der Waals surface area contributed by atoms with Crippen LogP contribution >= 0.6 is 0 Å². The van der Waals surface area contributed by atoms with Crippen molar-refractivity contribution < 1.29 is 27.8 Å². The van der Waals surface area contributed by atoms with E-state index in [1.54, 1.807) is 14.2 Å². The van der Waals surface area contributed by atoms with Crippen LogP contribution in [0.4, 0.5) is 11.9 Å². The summed E-state index contributed by atoms with van der Waals surface area (Å²) < 4.78 is 40.7. The largest absolute Gasteiger partial charge is 0.497 e. The monoisotopic (exact) mass is 902 g/mol. The van der Waals surface area contributed by atoms with E-state index >= 15 is 0 Å². The normalized spacial score (nSPS) is 17.4. The molecular formula is C50H66N6O6Si2. The lowest BCUT2D eigenvalue weighted by Gasteiger charge is -2.40. The molecule has 0 radical (unpaired) electrons. The zero-order valence-electron chi connectivity index (χ0n) is 39.6. The number of hydrogen-bond donors (Lipinski definition) is 2. The maximum atomic E-state index is 7.17. The van der Waals surface area contributed by atoms with Crippen LogP contribution in [0.2, 0.25) is 36.3 Å². The average molecular weight is 903 g/mol. The van der Waals surface area contributed by atoms with Gasteiger partial charge >= 0.3 is 0 Å². The molecule has 1 fully saturated rings. The second-order valence-electron chi connectivity index (χ2n) is 19.7. The summed E-state index contributed by atoms with van der Waals surface area (Å²) in [4.78, 5) is 15.3. The van der Waals surface area contributed by atoms with Crippen molar-refractivity contribution in [3.63, 3.8) is 0 Å². The fourth-order valence-electron chi connectivity index (χ4n) is 7.58. The van der Waals surface area contributed by atoms with Crippen molar-refractivity contribution in [3.05, 3.63) is 131 Å². The molecule has 12 nitrogen and oxygen atoms in total. The van der Waals surface area contributed by atoms with Crippen molar-refractivity contribution in [1.29, 1.82) is 0 Å². The van der Waals surface area contributed by atoms with Crippen LogP contribution in [0.3, 0.4) is 0 Å². The van der Waals surface area contributed by atoms with Crippen LogP contribution in [-0.4, -0.2) is 69.2 Å². The molecule has 1 aliphatic rings. The van der Waals surface area contributed by atoms with E-state index in [-0.39, 0.29) is 46.7 Å². The second kappa shape index (κ2) is 18.3. The predicted octanol–water partition coefficient (Wildman–Crippen LogP) is 11.1. The first-order valence-electron chi connectivity index (χ1n) is 22.1. The number of nitrogens with two attached hydrogens (primary N) is 1. The molecule has 14 heteroatoms. The first kappa shape index (κ1) is 46.7. The van der Waals surface area contributed by atoms with E-state index in [2.05, 4.69) is 109 Å². The third kappa shape index (κ3) is 9.57. The summed E-state index contributed by atoms with van der Waals surface area (Å²) in [5.41, 5.74) is 10.6. The summed E-state index contributed by atoms with van der Waals surface area (Å²) in [5.74, 6) is 2.26. The molecule has 1 saturated heterocycles. The molecule has 7 rings (SSSR count). The maximum Gasteiger partial charge on any atom is 0.247 e. The van der Waals surface area contributed by atoms with Gasteiger partial charge in [0.05, 0.1) is 26.9 Å². The molecule has 3 atom stereocenters. The highest BCUT2D eigenvalue weighted by Gasteiger charge is 2.47. The Kier molecular flexibility index (Phi) is 13.4. The van der Waals surface area contributed by atoms with Crippen molar-refractivity contribution in [1.82, 2.24) is 19.5 Å². The zero-order valence-corrected chi connectivity index (χ0v) is 41.6. The lowest BCUT2D eigenvalue weighted by atomic mass is 9.77. The van der Waals surface area contributed by atoms with Crippen molar-refractivity contribution in [2.45, 2.75) is 115 Å². The molecule has 340 valence electrons.